The zero-order chi connectivity index (χ0) is 11.9. The predicted molar refractivity (Wildman–Crippen MR) is 67.1 cm³/mol. The smallest absolute Gasteiger partial charge is 0.227 e. The van der Waals surface area contributed by atoms with Crippen LogP contribution in [0, 0.1) is 0 Å². The molecule has 3 nitrogen and oxygen atoms in total. The molecular weight excluding hydrogens is 303 g/mol. The SMILES string of the molecule is CC(C)N1C=NNC1C(Cl)(Cl)C(Cl)(Cl)Cl. The molecule has 0 aromatic heterocycles. The van der Waals surface area contributed by atoms with Crippen LogP contribution in [0.1, 0.15) is 13.8 Å². The number of halogens is 5. The molecule has 0 radical (unpaired) electrons. The molecule has 0 bridgehead atoms. The van der Waals surface area contributed by atoms with Crippen molar-refractivity contribution in [3.05, 3.63) is 0 Å². The lowest BCUT2D eigenvalue weighted by Crippen LogP contribution is -2.57. The van der Waals surface area contributed by atoms with Gasteiger partial charge in [-0.05, 0) is 13.8 Å². The van der Waals surface area contributed by atoms with Crippen molar-refractivity contribution in [3.8, 4) is 0 Å². The Morgan fingerprint density at radius 2 is 1.80 bits per heavy atom. The Balaban J connectivity index is 2.89. The Bertz CT molecular complexity index is 260. The zero-order valence-corrected chi connectivity index (χ0v) is 11.8. The number of rotatable bonds is 2. The summed E-state index contributed by atoms with van der Waals surface area (Å²) in [6, 6.07) is 0.137. The molecule has 1 heterocycles. The zero-order valence-electron chi connectivity index (χ0n) is 8.02. The van der Waals surface area contributed by atoms with Crippen LogP contribution in [0.4, 0.5) is 0 Å². The Hall–Kier alpha value is 0.720. The molecule has 0 aliphatic carbocycles. The molecule has 0 aromatic rings. The summed E-state index contributed by atoms with van der Waals surface area (Å²) in [5.41, 5.74) is 2.71. The summed E-state index contributed by atoms with van der Waals surface area (Å²) >= 11 is 29.2. The van der Waals surface area contributed by atoms with Crippen LogP contribution in [-0.4, -0.2) is 31.6 Å². The van der Waals surface area contributed by atoms with Gasteiger partial charge in [0.2, 0.25) is 8.13 Å². The molecule has 0 saturated carbocycles. The summed E-state index contributed by atoms with van der Waals surface area (Å²) < 4.78 is -3.41. The van der Waals surface area contributed by atoms with Crippen molar-refractivity contribution >= 4 is 64.3 Å². The molecule has 1 atom stereocenters. The highest BCUT2D eigenvalue weighted by Gasteiger charge is 2.55. The van der Waals surface area contributed by atoms with Crippen LogP contribution in [0.15, 0.2) is 5.10 Å². The molecule has 0 fully saturated rings. The molecule has 1 unspecified atom stereocenters. The minimum atomic E-state index is -1.81. The molecule has 15 heavy (non-hydrogen) atoms. The first-order valence-corrected chi connectivity index (χ1v) is 6.07. The second kappa shape index (κ2) is 4.53. The Morgan fingerprint density at radius 3 is 2.20 bits per heavy atom. The highest BCUT2D eigenvalue weighted by molar-refractivity contribution is 6.75. The Labute approximate surface area is 114 Å². The summed E-state index contributed by atoms with van der Waals surface area (Å²) in [4.78, 5) is 1.78. The van der Waals surface area contributed by atoms with E-state index in [4.69, 9.17) is 58.0 Å². The van der Waals surface area contributed by atoms with E-state index in [1.54, 1.807) is 11.2 Å². The fourth-order valence-corrected chi connectivity index (χ4v) is 1.79. The highest BCUT2D eigenvalue weighted by Crippen LogP contribution is 2.49. The maximum Gasteiger partial charge on any atom is 0.227 e. The molecule has 8 heteroatoms. The van der Waals surface area contributed by atoms with E-state index in [0.29, 0.717) is 0 Å². The molecule has 0 spiro atoms. The van der Waals surface area contributed by atoms with Crippen molar-refractivity contribution in [2.75, 3.05) is 0 Å². The minimum Gasteiger partial charge on any atom is -0.334 e. The van der Waals surface area contributed by atoms with Crippen LogP contribution < -0.4 is 5.43 Å². The van der Waals surface area contributed by atoms with Gasteiger partial charge in [-0.15, -0.1) is 0 Å². The van der Waals surface area contributed by atoms with E-state index in [2.05, 4.69) is 10.5 Å². The lowest BCUT2D eigenvalue weighted by Gasteiger charge is -2.38. The third-order valence-electron chi connectivity index (χ3n) is 2.00. The fourth-order valence-electron chi connectivity index (χ4n) is 1.16. The molecular formula is C7H10Cl5N3. The molecule has 1 aliphatic rings. The minimum absolute atomic E-state index is 0.137. The topological polar surface area (TPSA) is 27.6 Å². The summed E-state index contributed by atoms with van der Waals surface area (Å²) in [5, 5.41) is 3.85. The van der Waals surface area contributed by atoms with Crippen LogP contribution in [-0.2, 0) is 0 Å². The van der Waals surface area contributed by atoms with Crippen LogP contribution >= 0.6 is 58.0 Å². The van der Waals surface area contributed by atoms with Gasteiger partial charge in [-0.25, -0.2) is 0 Å². The number of hydrogen-bond donors (Lipinski definition) is 1. The fraction of sp³-hybridized carbons (Fsp3) is 0.857. The first-order valence-electron chi connectivity index (χ1n) is 4.18. The van der Waals surface area contributed by atoms with Gasteiger partial charge in [-0.1, -0.05) is 58.0 Å². The van der Waals surface area contributed by atoms with Crippen molar-refractivity contribution in [1.82, 2.24) is 10.3 Å². The van der Waals surface area contributed by atoms with Crippen molar-refractivity contribution in [1.29, 1.82) is 0 Å². The van der Waals surface area contributed by atoms with Crippen LogP contribution in [0.5, 0.6) is 0 Å². The monoisotopic (exact) mass is 311 g/mol. The van der Waals surface area contributed by atoms with Gasteiger partial charge in [0.05, 0.1) is 0 Å². The molecule has 1 N–H and O–H groups in total. The molecule has 1 aliphatic heterocycles. The summed E-state index contributed by atoms with van der Waals surface area (Å²) in [6.07, 6.45) is 0.999. The number of nitrogens with zero attached hydrogens (tertiary/aromatic N) is 2. The van der Waals surface area contributed by atoms with Gasteiger partial charge >= 0.3 is 0 Å². The first kappa shape index (κ1) is 13.8. The summed E-state index contributed by atoms with van der Waals surface area (Å²) in [5.74, 6) is 0. The Kier molecular flexibility index (Phi) is 4.17. The van der Waals surface area contributed by atoms with Crippen LogP contribution in [0.3, 0.4) is 0 Å². The van der Waals surface area contributed by atoms with Gasteiger partial charge in [0, 0.05) is 6.04 Å². The highest BCUT2D eigenvalue weighted by atomic mass is 35.6. The van der Waals surface area contributed by atoms with E-state index >= 15 is 0 Å². The third kappa shape index (κ3) is 2.70. The van der Waals surface area contributed by atoms with E-state index < -0.39 is 14.3 Å². The number of hydrazone groups is 1. The predicted octanol–water partition coefficient (Wildman–Crippen LogP) is 3.11. The maximum absolute atomic E-state index is 6.04. The normalized spacial score (nSPS) is 22.4. The van der Waals surface area contributed by atoms with Crippen LogP contribution in [0.25, 0.3) is 0 Å². The van der Waals surface area contributed by atoms with E-state index in [-0.39, 0.29) is 6.04 Å². The lowest BCUT2D eigenvalue weighted by molar-refractivity contribution is 0.238. The molecule has 0 saturated heterocycles. The molecule has 88 valence electrons. The quantitative estimate of drug-likeness (QED) is 0.793. The summed E-state index contributed by atoms with van der Waals surface area (Å²) in [7, 11) is 0. The van der Waals surface area contributed by atoms with Gasteiger partial charge in [-0.2, -0.15) is 5.10 Å². The van der Waals surface area contributed by atoms with E-state index in [1.807, 2.05) is 13.8 Å². The average Bonchev–Trinajstić information content (AvgIpc) is 2.48. The Morgan fingerprint density at radius 1 is 1.27 bits per heavy atom. The number of alkyl halides is 5. The maximum atomic E-state index is 6.04. The van der Waals surface area contributed by atoms with E-state index in [0.717, 1.165) is 0 Å². The largest absolute Gasteiger partial charge is 0.334 e. The number of hydrogen-bond acceptors (Lipinski definition) is 3. The van der Waals surface area contributed by atoms with E-state index in [9.17, 15) is 0 Å². The summed E-state index contributed by atoms with van der Waals surface area (Å²) in [6.45, 7) is 3.91. The second-order valence-corrected chi connectivity index (χ2v) is 7.10. The second-order valence-electron chi connectivity index (χ2n) is 3.44. The average molecular weight is 313 g/mol. The first-order chi connectivity index (χ1) is 6.68. The standard InChI is InChI=1S/C7H10Cl5N3/c1-4(2)15-3-13-14-5(15)6(8,9)7(10,11)12/h3-5,14H,1-2H3. The van der Waals surface area contributed by atoms with Crippen molar-refractivity contribution < 1.29 is 0 Å². The van der Waals surface area contributed by atoms with Crippen molar-refractivity contribution in [3.63, 3.8) is 0 Å². The third-order valence-corrected chi connectivity index (χ3v) is 4.46. The lowest BCUT2D eigenvalue weighted by atomic mass is 10.2. The molecule has 0 aromatic carbocycles. The van der Waals surface area contributed by atoms with Gasteiger partial charge in [-0.3, -0.25) is 5.43 Å². The van der Waals surface area contributed by atoms with E-state index in [1.165, 1.54) is 0 Å². The van der Waals surface area contributed by atoms with Gasteiger partial charge in [0.1, 0.15) is 6.34 Å². The van der Waals surface area contributed by atoms with Crippen molar-refractivity contribution in [2.24, 2.45) is 5.10 Å². The van der Waals surface area contributed by atoms with Gasteiger partial charge in [0.15, 0.2) is 6.17 Å². The molecule has 1 rings (SSSR count). The van der Waals surface area contributed by atoms with Gasteiger partial charge in [0.25, 0.3) is 0 Å². The van der Waals surface area contributed by atoms with Crippen LogP contribution in [0.2, 0.25) is 0 Å². The number of nitrogens with one attached hydrogen (secondary N) is 1. The van der Waals surface area contributed by atoms with Gasteiger partial charge < -0.3 is 4.90 Å². The van der Waals surface area contributed by atoms with Crippen molar-refractivity contribution in [2.45, 2.75) is 34.2 Å². The molecule has 0 amide bonds.